The minimum Gasteiger partial charge on any atom is -0.447 e. The van der Waals surface area contributed by atoms with Crippen LogP contribution in [0.15, 0.2) is 0 Å². The summed E-state index contributed by atoms with van der Waals surface area (Å²) in [6.07, 6.45) is -0.642. The maximum absolute atomic E-state index is 11.9. The third kappa shape index (κ3) is 2.23. The lowest BCUT2D eigenvalue weighted by molar-refractivity contribution is -0.138. The van der Waals surface area contributed by atoms with Gasteiger partial charge in [-0.2, -0.15) is 0 Å². The summed E-state index contributed by atoms with van der Waals surface area (Å²) < 4.78 is 4.85. The normalized spacial score (nSPS) is 22.2. The van der Waals surface area contributed by atoms with Crippen LogP contribution in [0.5, 0.6) is 0 Å². The third-order valence-electron chi connectivity index (χ3n) is 2.89. The van der Waals surface area contributed by atoms with E-state index in [-0.39, 0.29) is 24.3 Å². The molecule has 5 heteroatoms. The van der Waals surface area contributed by atoms with Gasteiger partial charge in [-0.3, -0.25) is 9.59 Å². The van der Waals surface area contributed by atoms with Crippen LogP contribution >= 0.6 is 0 Å². The zero-order valence-electron chi connectivity index (χ0n) is 10.0. The minimum atomic E-state index is -0.785. The number of ketones is 1. The number of carbonyl (C=O) groups is 3. The van der Waals surface area contributed by atoms with Crippen LogP contribution in [0.25, 0.3) is 0 Å². The van der Waals surface area contributed by atoms with E-state index in [1.54, 1.807) is 0 Å². The molecule has 0 aliphatic carbocycles. The molecule has 0 spiro atoms. The van der Waals surface area contributed by atoms with Crippen molar-refractivity contribution in [1.82, 2.24) is 4.90 Å². The fourth-order valence-corrected chi connectivity index (χ4v) is 1.56. The number of hydrogen-bond acceptors (Lipinski definition) is 4. The standard InChI is InChI=1S/C11H17NO4/c1-6(2)9-5-16-11(15)12(9)10(14)7(3)8(4)13/h6-7,9H,5H2,1-4H3. The molecule has 90 valence electrons. The van der Waals surface area contributed by atoms with Crippen molar-refractivity contribution in [2.45, 2.75) is 33.7 Å². The van der Waals surface area contributed by atoms with Crippen molar-refractivity contribution in [1.29, 1.82) is 0 Å². The Balaban J connectivity index is 2.87. The first-order valence-corrected chi connectivity index (χ1v) is 5.36. The summed E-state index contributed by atoms with van der Waals surface area (Å²) >= 11 is 0. The number of cyclic esters (lactones) is 1. The summed E-state index contributed by atoms with van der Waals surface area (Å²) in [5.41, 5.74) is 0. The second kappa shape index (κ2) is 4.63. The van der Waals surface area contributed by atoms with Crippen LogP contribution in [0.4, 0.5) is 4.79 Å². The van der Waals surface area contributed by atoms with E-state index in [2.05, 4.69) is 0 Å². The van der Waals surface area contributed by atoms with Crippen LogP contribution < -0.4 is 0 Å². The van der Waals surface area contributed by atoms with E-state index < -0.39 is 17.9 Å². The van der Waals surface area contributed by atoms with Gasteiger partial charge in [-0.05, 0) is 19.8 Å². The van der Waals surface area contributed by atoms with E-state index in [0.717, 1.165) is 4.90 Å². The molecule has 2 amide bonds. The first kappa shape index (κ1) is 12.7. The molecule has 0 aromatic rings. The maximum Gasteiger partial charge on any atom is 0.417 e. The first-order valence-electron chi connectivity index (χ1n) is 5.36. The summed E-state index contributed by atoms with van der Waals surface area (Å²) in [6.45, 7) is 6.88. The van der Waals surface area contributed by atoms with Crippen molar-refractivity contribution in [2.24, 2.45) is 11.8 Å². The highest BCUT2D eigenvalue weighted by molar-refractivity contribution is 6.05. The Bertz CT molecular complexity index is 324. The highest BCUT2D eigenvalue weighted by Crippen LogP contribution is 2.21. The molecule has 2 unspecified atom stereocenters. The summed E-state index contributed by atoms with van der Waals surface area (Å²) in [7, 11) is 0. The van der Waals surface area contributed by atoms with Crippen molar-refractivity contribution in [3.8, 4) is 0 Å². The van der Waals surface area contributed by atoms with Crippen LogP contribution in [0.2, 0.25) is 0 Å². The molecule has 1 aliphatic rings. The molecule has 5 nitrogen and oxygen atoms in total. The van der Waals surface area contributed by atoms with Gasteiger partial charge in [0.05, 0.1) is 12.0 Å². The van der Waals surface area contributed by atoms with Crippen molar-refractivity contribution < 1.29 is 19.1 Å². The van der Waals surface area contributed by atoms with E-state index in [0.29, 0.717) is 0 Å². The zero-order chi connectivity index (χ0) is 12.5. The lowest BCUT2D eigenvalue weighted by atomic mass is 10.0. The molecule has 0 bridgehead atoms. The highest BCUT2D eigenvalue weighted by atomic mass is 16.6. The number of hydrogen-bond donors (Lipinski definition) is 0. The van der Waals surface area contributed by atoms with Crippen LogP contribution in [0.1, 0.15) is 27.7 Å². The maximum atomic E-state index is 11.9. The molecular formula is C11H17NO4. The topological polar surface area (TPSA) is 63.7 Å². The second-order valence-corrected chi connectivity index (χ2v) is 4.43. The Morgan fingerprint density at radius 2 is 1.94 bits per heavy atom. The monoisotopic (exact) mass is 227 g/mol. The molecule has 2 atom stereocenters. The molecule has 1 aliphatic heterocycles. The molecule has 16 heavy (non-hydrogen) atoms. The second-order valence-electron chi connectivity index (χ2n) is 4.43. The molecular weight excluding hydrogens is 210 g/mol. The van der Waals surface area contributed by atoms with Gasteiger partial charge < -0.3 is 4.74 Å². The van der Waals surface area contributed by atoms with Crippen LogP contribution in [0.3, 0.4) is 0 Å². The lowest BCUT2D eigenvalue weighted by Gasteiger charge is -2.24. The predicted molar refractivity (Wildman–Crippen MR) is 56.7 cm³/mol. The van der Waals surface area contributed by atoms with Crippen LogP contribution in [0, 0.1) is 11.8 Å². The Morgan fingerprint density at radius 1 is 1.38 bits per heavy atom. The summed E-state index contributed by atoms with van der Waals surface area (Å²) in [5, 5.41) is 0. The van der Waals surface area contributed by atoms with Crippen LogP contribution in [-0.2, 0) is 14.3 Å². The largest absolute Gasteiger partial charge is 0.447 e. The number of ether oxygens (including phenoxy) is 1. The molecule has 0 saturated carbocycles. The Kier molecular flexibility index (Phi) is 3.67. The van der Waals surface area contributed by atoms with E-state index in [9.17, 15) is 14.4 Å². The van der Waals surface area contributed by atoms with E-state index in [1.807, 2.05) is 13.8 Å². The number of carbonyl (C=O) groups excluding carboxylic acids is 3. The van der Waals surface area contributed by atoms with Crippen molar-refractivity contribution in [2.75, 3.05) is 6.61 Å². The highest BCUT2D eigenvalue weighted by Gasteiger charge is 2.41. The SMILES string of the molecule is CC(=O)C(C)C(=O)N1C(=O)OCC1C(C)C. The Labute approximate surface area is 94.7 Å². The average molecular weight is 227 g/mol. The minimum absolute atomic E-state index is 0.120. The fraction of sp³-hybridized carbons (Fsp3) is 0.727. The third-order valence-corrected chi connectivity index (χ3v) is 2.89. The number of rotatable bonds is 3. The van der Waals surface area contributed by atoms with Gasteiger partial charge in [-0.15, -0.1) is 0 Å². The van der Waals surface area contributed by atoms with Gasteiger partial charge in [0.15, 0.2) is 0 Å². The number of amides is 2. The van der Waals surface area contributed by atoms with Gasteiger partial charge in [-0.25, -0.2) is 9.69 Å². The van der Waals surface area contributed by atoms with Gasteiger partial charge in [-0.1, -0.05) is 13.8 Å². The van der Waals surface area contributed by atoms with Crippen molar-refractivity contribution in [3.05, 3.63) is 0 Å². The predicted octanol–water partition coefficient (Wildman–Crippen LogP) is 1.21. The number of Topliss-reactive ketones (excluding diaryl/α,β-unsaturated/α-hetero) is 1. The van der Waals surface area contributed by atoms with E-state index in [1.165, 1.54) is 13.8 Å². The summed E-state index contributed by atoms with van der Waals surface area (Å²) in [6, 6.07) is -0.262. The Hall–Kier alpha value is -1.39. The molecule has 0 radical (unpaired) electrons. The zero-order valence-corrected chi connectivity index (χ0v) is 10.0. The Morgan fingerprint density at radius 3 is 2.38 bits per heavy atom. The van der Waals surface area contributed by atoms with Gasteiger partial charge in [0.2, 0.25) is 5.91 Å². The molecule has 0 aromatic carbocycles. The number of imide groups is 1. The first-order chi connectivity index (χ1) is 7.36. The van der Waals surface area contributed by atoms with E-state index in [4.69, 9.17) is 4.74 Å². The van der Waals surface area contributed by atoms with Crippen molar-refractivity contribution in [3.63, 3.8) is 0 Å². The van der Waals surface area contributed by atoms with Gasteiger partial charge in [0.1, 0.15) is 12.4 Å². The molecule has 1 heterocycles. The molecule has 1 fully saturated rings. The number of nitrogens with zero attached hydrogens (tertiary/aromatic N) is 1. The summed E-state index contributed by atoms with van der Waals surface area (Å²) in [5.74, 6) is -1.37. The summed E-state index contributed by atoms with van der Waals surface area (Å²) in [4.78, 5) is 35.6. The van der Waals surface area contributed by atoms with Crippen molar-refractivity contribution >= 4 is 17.8 Å². The van der Waals surface area contributed by atoms with Gasteiger partial charge in [0, 0.05) is 0 Å². The quantitative estimate of drug-likeness (QED) is 0.680. The molecule has 1 saturated heterocycles. The van der Waals surface area contributed by atoms with Gasteiger partial charge in [0.25, 0.3) is 0 Å². The van der Waals surface area contributed by atoms with Crippen LogP contribution in [-0.4, -0.2) is 35.3 Å². The molecule has 0 N–H and O–H groups in total. The van der Waals surface area contributed by atoms with E-state index >= 15 is 0 Å². The molecule has 1 rings (SSSR count). The average Bonchev–Trinajstić information content (AvgIpc) is 2.57. The van der Waals surface area contributed by atoms with Gasteiger partial charge >= 0.3 is 6.09 Å². The molecule has 0 aromatic heterocycles. The lowest BCUT2D eigenvalue weighted by Crippen LogP contribution is -2.45. The smallest absolute Gasteiger partial charge is 0.417 e. The fourth-order valence-electron chi connectivity index (χ4n) is 1.56.